The summed E-state index contributed by atoms with van der Waals surface area (Å²) in [5.74, 6) is 0.538. The lowest BCUT2D eigenvalue weighted by Gasteiger charge is -2.26. The van der Waals surface area contributed by atoms with Gasteiger partial charge in [-0.1, -0.05) is 42.5 Å². The number of carbonyl (C=O) groups is 1. The van der Waals surface area contributed by atoms with E-state index < -0.39 is 5.91 Å². The molecule has 1 amide bonds. The fraction of sp³-hybridized carbons (Fsp3) is 0.174. The summed E-state index contributed by atoms with van der Waals surface area (Å²) < 4.78 is 1.79. The average molecular weight is 383 g/mol. The van der Waals surface area contributed by atoms with Crippen molar-refractivity contribution in [3.63, 3.8) is 0 Å². The highest BCUT2D eigenvalue weighted by Gasteiger charge is 2.27. The minimum atomic E-state index is -0.434. The molecule has 6 heteroatoms. The number of hydrogen-bond acceptors (Lipinski definition) is 4. The van der Waals surface area contributed by atoms with Crippen LogP contribution in [-0.2, 0) is 0 Å². The molecule has 1 aliphatic rings. The molecule has 1 aliphatic heterocycles. The quantitative estimate of drug-likeness (QED) is 0.581. The average Bonchev–Trinajstić information content (AvgIpc) is 3.41. The third-order valence-corrected chi connectivity index (χ3v) is 5.51. The van der Waals surface area contributed by atoms with E-state index in [2.05, 4.69) is 40.3 Å². The zero-order chi connectivity index (χ0) is 19.8. The topological polar surface area (TPSA) is 76.5 Å². The van der Waals surface area contributed by atoms with E-state index >= 15 is 0 Å². The van der Waals surface area contributed by atoms with Crippen LogP contribution in [0.2, 0.25) is 0 Å². The van der Waals surface area contributed by atoms with Gasteiger partial charge >= 0.3 is 0 Å². The molecule has 1 saturated heterocycles. The highest BCUT2D eigenvalue weighted by atomic mass is 16.1. The van der Waals surface area contributed by atoms with Crippen LogP contribution in [0.15, 0.2) is 72.9 Å². The second kappa shape index (κ2) is 7.05. The summed E-state index contributed by atoms with van der Waals surface area (Å²) in [5.41, 5.74) is 9.67. The fourth-order valence-corrected chi connectivity index (χ4v) is 4.04. The van der Waals surface area contributed by atoms with E-state index in [1.165, 1.54) is 5.56 Å². The number of rotatable bonds is 4. The summed E-state index contributed by atoms with van der Waals surface area (Å²) in [6, 6.07) is 22.1. The van der Waals surface area contributed by atoms with Crippen LogP contribution in [0, 0.1) is 0 Å². The summed E-state index contributed by atoms with van der Waals surface area (Å²) in [6.45, 7) is 0.998. The summed E-state index contributed by atoms with van der Waals surface area (Å²) in [5, 5.41) is 4.62. The summed E-state index contributed by atoms with van der Waals surface area (Å²) in [6.07, 6.45) is 4.25. The molecule has 0 saturated carbocycles. The van der Waals surface area contributed by atoms with Gasteiger partial charge in [-0.25, -0.2) is 9.50 Å². The Kier molecular flexibility index (Phi) is 4.24. The van der Waals surface area contributed by atoms with Gasteiger partial charge in [-0.15, -0.1) is 0 Å². The van der Waals surface area contributed by atoms with E-state index in [0.717, 1.165) is 42.1 Å². The smallest absolute Gasteiger partial charge is 0.248 e. The Morgan fingerprint density at radius 1 is 1.03 bits per heavy atom. The number of aromatic nitrogens is 3. The third-order valence-electron chi connectivity index (χ3n) is 5.51. The van der Waals surface area contributed by atoms with Crippen LogP contribution in [0.5, 0.6) is 0 Å². The van der Waals surface area contributed by atoms with Crippen LogP contribution in [0.4, 0.5) is 5.82 Å². The minimum Gasteiger partial charge on any atom is -0.366 e. The van der Waals surface area contributed by atoms with Crippen molar-refractivity contribution in [2.45, 2.75) is 18.9 Å². The Bertz CT molecular complexity index is 1170. The number of nitrogens with zero attached hydrogens (tertiary/aromatic N) is 4. The highest BCUT2D eigenvalue weighted by Crippen LogP contribution is 2.35. The molecule has 29 heavy (non-hydrogen) atoms. The van der Waals surface area contributed by atoms with Gasteiger partial charge in [0.25, 0.3) is 0 Å². The SMILES string of the molecule is NC(=O)c1ccc(-c2cc3nc(N4CCCC4c4ccccc4)ccn3n2)cc1. The molecule has 6 nitrogen and oxygen atoms in total. The van der Waals surface area contributed by atoms with Gasteiger partial charge in [0.15, 0.2) is 5.65 Å². The van der Waals surface area contributed by atoms with Crippen LogP contribution >= 0.6 is 0 Å². The lowest BCUT2D eigenvalue weighted by atomic mass is 10.0. The molecule has 1 fully saturated rings. The normalized spacial score (nSPS) is 16.4. The first-order valence-electron chi connectivity index (χ1n) is 9.77. The Morgan fingerprint density at radius 3 is 2.59 bits per heavy atom. The van der Waals surface area contributed by atoms with Crippen molar-refractivity contribution >= 4 is 17.4 Å². The number of carbonyl (C=O) groups excluding carboxylic acids is 1. The maximum atomic E-state index is 11.3. The Labute approximate surface area is 168 Å². The van der Waals surface area contributed by atoms with Gasteiger partial charge in [0.05, 0.1) is 11.7 Å². The van der Waals surface area contributed by atoms with E-state index in [-0.39, 0.29) is 0 Å². The molecule has 2 aromatic carbocycles. The van der Waals surface area contributed by atoms with Crippen LogP contribution in [0.3, 0.4) is 0 Å². The molecule has 2 N–H and O–H groups in total. The van der Waals surface area contributed by atoms with Crippen molar-refractivity contribution in [3.05, 3.63) is 84.1 Å². The van der Waals surface area contributed by atoms with Gasteiger partial charge in [-0.05, 0) is 36.6 Å². The number of primary amides is 1. The first-order chi connectivity index (χ1) is 14.2. The fourth-order valence-electron chi connectivity index (χ4n) is 4.04. The number of nitrogens with two attached hydrogens (primary N) is 1. The second-order valence-electron chi connectivity index (χ2n) is 7.32. The molecule has 0 bridgehead atoms. The largest absolute Gasteiger partial charge is 0.366 e. The molecule has 1 atom stereocenters. The minimum absolute atomic E-state index is 0.356. The molecule has 0 spiro atoms. The van der Waals surface area contributed by atoms with Gasteiger partial charge in [0, 0.05) is 29.9 Å². The van der Waals surface area contributed by atoms with E-state index in [1.54, 1.807) is 16.6 Å². The molecule has 1 unspecified atom stereocenters. The van der Waals surface area contributed by atoms with Crippen LogP contribution < -0.4 is 10.6 Å². The van der Waals surface area contributed by atoms with E-state index in [4.69, 9.17) is 10.7 Å². The predicted octanol–water partition coefficient (Wildman–Crippen LogP) is 3.84. The van der Waals surface area contributed by atoms with Gasteiger partial charge in [0.2, 0.25) is 5.91 Å². The first-order valence-corrected chi connectivity index (χ1v) is 9.77. The number of amides is 1. The maximum absolute atomic E-state index is 11.3. The molecular formula is C23H21N5O. The molecule has 5 rings (SSSR count). The number of fused-ring (bicyclic) bond motifs is 1. The van der Waals surface area contributed by atoms with Crippen molar-refractivity contribution in [3.8, 4) is 11.3 Å². The monoisotopic (exact) mass is 383 g/mol. The molecular weight excluding hydrogens is 362 g/mol. The Balaban J connectivity index is 1.47. The highest BCUT2D eigenvalue weighted by molar-refractivity contribution is 5.93. The van der Waals surface area contributed by atoms with Crippen LogP contribution in [-0.4, -0.2) is 27.0 Å². The first kappa shape index (κ1) is 17.4. The van der Waals surface area contributed by atoms with Crippen LogP contribution in [0.1, 0.15) is 34.8 Å². The van der Waals surface area contributed by atoms with Crippen LogP contribution in [0.25, 0.3) is 16.9 Å². The lowest BCUT2D eigenvalue weighted by Crippen LogP contribution is -2.23. The zero-order valence-corrected chi connectivity index (χ0v) is 15.9. The summed E-state index contributed by atoms with van der Waals surface area (Å²) >= 11 is 0. The van der Waals surface area contributed by atoms with Crippen molar-refractivity contribution < 1.29 is 4.79 Å². The predicted molar refractivity (Wildman–Crippen MR) is 113 cm³/mol. The van der Waals surface area contributed by atoms with Crippen molar-refractivity contribution in [1.29, 1.82) is 0 Å². The van der Waals surface area contributed by atoms with Crippen molar-refractivity contribution in [2.24, 2.45) is 5.73 Å². The molecule has 3 heterocycles. The van der Waals surface area contributed by atoms with Crippen molar-refractivity contribution in [2.75, 3.05) is 11.4 Å². The maximum Gasteiger partial charge on any atom is 0.248 e. The molecule has 0 aliphatic carbocycles. The van der Waals surface area contributed by atoms with E-state index in [1.807, 2.05) is 30.5 Å². The number of anilines is 1. The standard InChI is InChI=1S/C23H21N5O/c24-23(29)18-10-8-16(9-11-18)19-15-22-25-21(12-14-28(22)26-19)27-13-4-7-20(27)17-5-2-1-3-6-17/h1-3,5-6,8-12,14-15,20H,4,7,13H2,(H2,24,29). The Hall–Kier alpha value is -3.67. The van der Waals surface area contributed by atoms with Gasteiger partial charge < -0.3 is 10.6 Å². The molecule has 0 radical (unpaired) electrons. The van der Waals surface area contributed by atoms with Gasteiger partial charge in [-0.2, -0.15) is 5.10 Å². The molecule has 2 aromatic heterocycles. The lowest BCUT2D eigenvalue weighted by molar-refractivity contribution is 0.100. The van der Waals surface area contributed by atoms with E-state index in [0.29, 0.717) is 11.6 Å². The summed E-state index contributed by atoms with van der Waals surface area (Å²) in [4.78, 5) is 18.5. The number of benzene rings is 2. The third kappa shape index (κ3) is 3.23. The second-order valence-corrected chi connectivity index (χ2v) is 7.32. The van der Waals surface area contributed by atoms with Gasteiger partial charge in [-0.3, -0.25) is 4.79 Å². The molecule has 144 valence electrons. The van der Waals surface area contributed by atoms with Gasteiger partial charge in [0.1, 0.15) is 5.82 Å². The Morgan fingerprint density at radius 2 is 1.83 bits per heavy atom. The zero-order valence-electron chi connectivity index (χ0n) is 15.9. The summed E-state index contributed by atoms with van der Waals surface area (Å²) in [7, 11) is 0. The number of hydrogen-bond donors (Lipinski definition) is 1. The van der Waals surface area contributed by atoms with E-state index in [9.17, 15) is 4.79 Å². The van der Waals surface area contributed by atoms with Crippen molar-refractivity contribution in [1.82, 2.24) is 14.6 Å². The molecule has 4 aromatic rings.